The number of piperidine rings is 1. The van der Waals surface area contributed by atoms with E-state index in [1.807, 2.05) is 23.6 Å². The van der Waals surface area contributed by atoms with E-state index in [1.54, 1.807) is 7.11 Å². The van der Waals surface area contributed by atoms with Crippen molar-refractivity contribution >= 4 is 11.9 Å². The molecular weight excluding hydrogens is 452 g/mol. The van der Waals surface area contributed by atoms with Crippen LogP contribution in [0.15, 0.2) is 4.42 Å². The molecule has 3 aliphatic rings. The maximum absolute atomic E-state index is 13.1. The number of nitrogens with one attached hydrogen (secondary N) is 1. The van der Waals surface area contributed by atoms with Crippen LogP contribution in [0.4, 0.5) is 4.79 Å². The van der Waals surface area contributed by atoms with Gasteiger partial charge in [0.25, 0.3) is 0 Å². The minimum absolute atomic E-state index is 0.0108. The lowest BCUT2D eigenvalue weighted by Gasteiger charge is -2.39. The van der Waals surface area contributed by atoms with Crippen LogP contribution in [0.5, 0.6) is 0 Å². The lowest BCUT2D eigenvalue weighted by Crippen LogP contribution is -2.49. The predicted molar refractivity (Wildman–Crippen MR) is 128 cm³/mol. The van der Waals surface area contributed by atoms with Gasteiger partial charge in [0.1, 0.15) is 0 Å². The molecule has 0 aromatic carbocycles. The van der Waals surface area contributed by atoms with Crippen molar-refractivity contribution in [3.05, 3.63) is 11.8 Å². The fraction of sp³-hybridized carbons (Fsp3) is 0.833. The summed E-state index contributed by atoms with van der Waals surface area (Å²) < 4.78 is 16.5. The average Bonchev–Trinajstić information content (AvgIpc) is 3.48. The van der Waals surface area contributed by atoms with Gasteiger partial charge >= 0.3 is 6.03 Å². The Morgan fingerprint density at radius 2 is 1.89 bits per heavy atom. The molecule has 1 aromatic rings. The quantitative estimate of drug-likeness (QED) is 0.545. The Balaban J connectivity index is 1.41. The zero-order chi connectivity index (χ0) is 24.8. The molecule has 1 unspecified atom stereocenters. The molecular formula is C24H40N6O5. The minimum Gasteiger partial charge on any atom is -0.423 e. The van der Waals surface area contributed by atoms with Crippen LogP contribution < -0.4 is 5.32 Å². The maximum atomic E-state index is 13.1. The van der Waals surface area contributed by atoms with Gasteiger partial charge in [0.2, 0.25) is 17.7 Å². The number of carbonyl (C=O) groups excluding carboxylic acids is 2. The van der Waals surface area contributed by atoms with Gasteiger partial charge in [-0.25, -0.2) is 4.79 Å². The molecule has 0 saturated carbocycles. The van der Waals surface area contributed by atoms with E-state index in [0.717, 1.165) is 32.2 Å². The summed E-state index contributed by atoms with van der Waals surface area (Å²) in [5.41, 5.74) is 0.0231. The molecule has 4 rings (SSSR count). The molecule has 1 aromatic heterocycles. The van der Waals surface area contributed by atoms with Crippen molar-refractivity contribution in [1.82, 2.24) is 30.2 Å². The number of urea groups is 1. The molecule has 11 heteroatoms. The van der Waals surface area contributed by atoms with E-state index in [2.05, 4.69) is 20.4 Å². The molecule has 3 amide bonds. The molecule has 1 N–H and O–H groups in total. The number of hydrogen-bond acceptors (Lipinski definition) is 8. The van der Waals surface area contributed by atoms with Crippen LogP contribution in [-0.4, -0.2) is 110 Å². The molecule has 0 bridgehead atoms. The first-order chi connectivity index (χ1) is 16.9. The van der Waals surface area contributed by atoms with Crippen molar-refractivity contribution in [2.75, 3.05) is 72.7 Å². The first-order valence-electron chi connectivity index (χ1n) is 12.9. The molecule has 11 nitrogen and oxygen atoms in total. The third-order valence-electron chi connectivity index (χ3n) is 7.46. The summed E-state index contributed by atoms with van der Waals surface area (Å²) in [5.74, 6) is 1.49. The van der Waals surface area contributed by atoms with Crippen molar-refractivity contribution in [3.63, 3.8) is 0 Å². The first-order valence-corrected chi connectivity index (χ1v) is 12.9. The SMILES string of the molecule is COCCCNC(=O)N1CCC2(CC1)CC(c1nnc(C(C)C)o1)N(CC(=O)N1CCOCC1)C2. The van der Waals surface area contributed by atoms with Gasteiger partial charge in [-0.3, -0.25) is 9.69 Å². The number of rotatable bonds is 8. The third-order valence-corrected chi connectivity index (χ3v) is 7.46. The summed E-state index contributed by atoms with van der Waals surface area (Å²) in [6, 6.07) is -0.0993. The maximum Gasteiger partial charge on any atom is 0.317 e. The van der Waals surface area contributed by atoms with Crippen LogP contribution in [-0.2, 0) is 14.3 Å². The number of morpholine rings is 1. The van der Waals surface area contributed by atoms with Gasteiger partial charge in [0, 0.05) is 58.9 Å². The Hall–Kier alpha value is -2.24. The van der Waals surface area contributed by atoms with E-state index in [0.29, 0.717) is 70.9 Å². The summed E-state index contributed by atoms with van der Waals surface area (Å²) in [4.78, 5) is 31.7. The van der Waals surface area contributed by atoms with Gasteiger partial charge in [-0.2, -0.15) is 0 Å². The van der Waals surface area contributed by atoms with Crippen molar-refractivity contribution in [3.8, 4) is 0 Å². The van der Waals surface area contributed by atoms with E-state index in [-0.39, 0.29) is 29.3 Å². The summed E-state index contributed by atoms with van der Waals surface area (Å²) >= 11 is 0. The normalized spacial score (nSPS) is 22.8. The number of ether oxygens (including phenoxy) is 2. The second kappa shape index (κ2) is 11.7. The summed E-state index contributed by atoms with van der Waals surface area (Å²) in [6.07, 6.45) is 3.44. The molecule has 0 radical (unpaired) electrons. The van der Waals surface area contributed by atoms with Crippen LogP contribution >= 0.6 is 0 Å². The summed E-state index contributed by atoms with van der Waals surface area (Å²) in [7, 11) is 1.66. The standard InChI is InChI=1S/C24H40N6O5/c1-18(2)21-26-27-22(35-21)19-15-24(17-30(19)16-20(31)28-10-13-34-14-11-28)5-8-29(9-6-24)23(32)25-7-4-12-33-3/h18-19H,4-17H2,1-3H3,(H,25,32). The molecule has 3 aliphatic heterocycles. The van der Waals surface area contributed by atoms with Gasteiger partial charge in [-0.15, -0.1) is 10.2 Å². The van der Waals surface area contributed by atoms with Gasteiger partial charge in [0.15, 0.2) is 0 Å². The van der Waals surface area contributed by atoms with Gasteiger partial charge in [-0.05, 0) is 31.1 Å². The van der Waals surface area contributed by atoms with Gasteiger partial charge in [0.05, 0.1) is 25.8 Å². The number of amides is 3. The van der Waals surface area contributed by atoms with Crippen LogP contribution in [0, 0.1) is 5.41 Å². The van der Waals surface area contributed by atoms with Crippen molar-refractivity contribution < 1.29 is 23.5 Å². The zero-order valence-corrected chi connectivity index (χ0v) is 21.3. The minimum atomic E-state index is -0.0885. The van der Waals surface area contributed by atoms with E-state index in [9.17, 15) is 9.59 Å². The van der Waals surface area contributed by atoms with Crippen LogP contribution in [0.1, 0.15) is 63.3 Å². The molecule has 35 heavy (non-hydrogen) atoms. The summed E-state index contributed by atoms with van der Waals surface area (Å²) in [6.45, 7) is 10.3. The highest BCUT2D eigenvalue weighted by atomic mass is 16.5. The summed E-state index contributed by atoms with van der Waals surface area (Å²) in [5, 5.41) is 11.6. The Bertz CT molecular complexity index is 847. The van der Waals surface area contributed by atoms with E-state index >= 15 is 0 Å². The van der Waals surface area contributed by atoms with Crippen molar-refractivity contribution in [2.24, 2.45) is 5.41 Å². The molecule has 4 heterocycles. The van der Waals surface area contributed by atoms with Crippen LogP contribution in [0.25, 0.3) is 0 Å². The largest absolute Gasteiger partial charge is 0.423 e. The zero-order valence-electron chi connectivity index (χ0n) is 21.3. The average molecular weight is 493 g/mol. The van der Waals surface area contributed by atoms with Gasteiger partial charge < -0.3 is 29.0 Å². The Morgan fingerprint density at radius 1 is 1.14 bits per heavy atom. The molecule has 1 spiro atoms. The Morgan fingerprint density at radius 3 is 2.54 bits per heavy atom. The first kappa shape index (κ1) is 25.8. The number of hydrogen-bond donors (Lipinski definition) is 1. The number of carbonyl (C=O) groups is 2. The second-order valence-electron chi connectivity index (χ2n) is 10.3. The van der Waals surface area contributed by atoms with Crippen LogP contribution in [0.2, 0.25) is 0 Å². The van der Waals surface area contributed by atoms with E-state index in [1.165, 1.54) is 0 Å². The fourth-order valence-electron chi connectivity index (χ4n) is 5.33. The molecule has 3 fully saturated rings. The van der Waals surface area contributed by atoms with Crippen LogP contribution in [0.3, 0.4) is 0 Å². The smallest absolute Gasteiger partial charge is 0.317 e. The number of nitrogens with zero attached hydrogens (tertiary/aromatic N) is 5. The molecule has 1 atom stereocenters. The highest BCUT2D eigenvalue weighted by molar-refractivity contribution is 5.78. The van der Waals surface area contributed by atoms with Gasteiger partial charge in [-0.1, -0.05) is 13.8 Å². The lowest BCUT2D eigenvalue weighted by molar-refractivity contribution is -0.136. The molecule has 196 valence electrons. The monoisotopic (exact) mass is 492 g/mol. The number of methoxy groups -OCH3 is 1. The highest BCUT2D eigenvalue weighted by Crippen LogP contribution is 2.48. The third kappa shape index (κ3) is 6.31. The molecule has 3 saturated heterocycles. The van der Waals surface area contributed by atoms with Crippen molar-refractivity contribution in [2.45, 2.75) is 51.5 Å². The van der Waals surface area contributed by atoms with Crippen molar-refractivity contribution in [1.29, 1.82) is 0 Å². The highest BCUT2D eigenvalue weighted by Gasteiger charge is 2.49. The Labute approximate surface area is 207 Å². The number of aromatic nitrogens is 2. The predicted octanol–water partition coefficient (Wildman–Crippen LogP) is 1.63. The topological polar surface area (TPSA) is 113 Å². The second-order valence-corrected chi connectivity index (χ2v) is 10.3. The van der Waals surface area contributed by atoms with E-state index in [4.69, 9.17) is 13.9 Å². The lowest BCUT2D eigenvalue weighted by atomic mass is 9.76. The van der Waals surface area contributed by atoms with E-state index < -0.39 is 0 Å². The molecule has 0 aliphatic carbocycles. The number of likely N-dealkylation sites (tertiary alicyclic amines) is 2. The Kier molecular flexibility index (Phi) is 8.61. The fourth-order valence-corrected chi connectivity index (χ4v) is 5.33.